The number of thiazole rings is 1. The molecule has 3 aromatic rings. The molecule has 0 spiro atoms. The molecule has 0 bridgehead atoms. The lowest BCUT2D eigenvalue weighted by atomic mass is 10.1. The van der Waals surface area contributed by atoms with Gasteiger partial charge in [0.15, 0.2) is 5.13 Å². The highest BCUT2D eigenvalue weighted by Crippen LogP contribution is 2.27. The Labute approximate surface area is 172 Å². The van der Waals surface area contributed by atoms with Gasteiger partial charge in [-0.15, -0.1) is 11.3 Å². The number of rotatable bonds is 7. The van der Waals surface area contributed by atoms with Gasteiger partial charge in [-0.1, -0.05) is 36.2 Å². The minimum absolute atomic E-state index is 0.206. The number of carbonyl (C=O) groups is 1. The molecule has 0 radical (unpaired) electrons. The quantitative estimate of drug-likeness (QED) is 0.503. The first kappa shape index (κ1) is 19.7. The summed E-state index contributed by atoms with van der Waals surface area (Å²) in [4.78, 5) is 17.7. The molecule has 0 atom stereocenters. The van der Waals surface area contributed by atoms with Gasteiger partial charge in [0.2, 0.25) is 0 Å². The van der Waals surface area contributed by atoms with Gasteiger partial charge in [-0.05, 0) is 48.4 Å². The SMILES string of the molecule is CCCOc1ccc(C(=O)Nc2ncc(Cc3ccc(Cl)cc3Cl)s2)cc1. The van der Waals surface area contributed by atoms with E-state index in [2.05, 4.69) is 10.3 Å². The number of amides is 1. The van der Waals surface area contributed by atoms with Crippen LogP contribution in [0.5, 0.6) is 5.75 Å². The average Bonchev–Trinajstić information content (AvgIpc) is 3.09. The molecule has 0 unspecified atom stereocenters. The lowest BCUT2D eigenvalue weighted by Crippen LogP contribution is -2.11. The smallest absolute Gasteiger partial charge is 0.257 e. The standard InChI is InChI=1S/C20H18Cl2N2O2S/c1-2-9-26-16-7-4-13(5-8-16)19(25)24-20-23-12-17(27-20)10-14-3-6-15(21)11-18(14)22/h3-8,11-12H,2,9-10H2,1H3,(H,23,24,25). The second kappa shape index (κ2) is 9.22. The Bertz CT molecular complexity index is 926. The van der Waals surface area contributed by atoms with E-state index in [1.54, 1.807) is 42.6 Å². The molecular formula is C20H18Cl2N2O2S. The van der Waals surface area contributed by atoms with Crippen LogP contribution in [0.25, 0.3) is 0 Å². The molecule has 1 amide bonds. The number of benzene rings is 2. The second-order valence-corrected chi connectivity index (χ2v) is 7.83. The van der Waals surface area contributed by atoms with E-state index in [9.17, 15) is 4.79 Å². The Morgan fingerprint density at radius 1 is 1.19 bits per heavy atom. The zero-order chi connectivity index (χ0) is 19.2. The van der Waals surface area contributed by atoms with Crippen molar-refractivity contribution in [3.8, 4) is 5.75 Å². The highest BCUT2D eigenvalue weighted by molar-refractivity contribution is 7.15. The van der Waals surface area contributed by atoms with Crippen molar-refractivity contribution < 1.29 is 9.53 Å². The molecule has 0 aliphatic heterocycles. The molecule has 1 aromatic heterocycles. The van der Waals surface area contributed by atoms with Crippen molar-refractivity contribution in [1.29, 1.82) is 0 Å². The fraction of sp³-hybridized carbons (Fsp3) is 0.200. The molecular weight excluding hydrogens is 403 g/mol. The van der Waals surface area contributed by atoms with Gasteiger partial charge in [0.25, 0.3) is 5.91 Å². The monoisotopic (exact) mass is 420 g/mol. The molecule has 0 saturated carbocycles. The van der Waals surface area contributed by atoms with E-state index in [0.717, 1.165) is 22.6 Å². The topological polar surface area (TPSA) is 51.2 Å². The normalized spacial score (nSPS) is 10.6. The maximum atomic E-state index is 12.4. The summed E-state index contributed by atoms with van der Waals surface area (Å²) >= 11 is 13.6. The van der Waals surface area contributed by atoms with Crippen molar-refractivity contribution in [3.63, 3.8) is 0 Å². The van der Waals surface area contributed by atoms with Crippen LogP contribution in [0.3, 0.4) is 0 Å². The van der Waals surface area contributed by atoms with Crippen molar-refractivity contribution >= 4 is 45.6 Å². The Morgan fingerprint density at radius 3 is 2.67 bits per heavy atom. The van der Waals surface area contributed by atoms with Gasteiger partial charge >= 0.3 is 0 Å². The number of aromatic nitrogens is 1. The maximum Gasteiger partial charge on any atom is 0.257 e. The van der Waals surface area contributed by atoms with Gasteiger partial charge in [-0.2, -0.15) is 0 Å². The minimum atomic E-state index is -0.206. The lowest BCUT2D eigenvalue weighted by molar-refractivity contribution is 0.102. The van der Waals surface area contributed by atoms with Gasteiger partial charge in [0.05, 0.1) is 6.61 Å². The molecule has 1 heterocycles. The fourth-order valence-electron chi connectivity index (χ4n) is 2.39. The molecule has 3 rings (SSSR count). The number of nitrogens with zero attached hydrogens (tertiary/aromatic N) is 1. The van der Waals surface area contributed by atoms with Gasteiger partial charge in [0, 0.05) is 33.1 Å². The van der Waals surface area contributed by atoms with Gasteiger partial charge < -0.3 is 4.74 Å². The molecule has 7 heteroatoms. The van der Waals surface area contributed by atoms with E-state index in [4.69, 9.17) is 27.9 Å². The number of carbonyl (C=O) groups excluding carboxylic acids is 1. The van der Waals surface area contributed by atoms with Crippen LogP contribution < -0.4 is 10.1 Å². The molecule has 27 heavy (non-hydrogen) atoms. The summed E-state index contributed by atoms with van der Waals surface area (Å²) in [5.74, 6) is 0.548. The van der Waals surface area contributed by atoms with Crippen LogP contribution in [0.15, 0.2) is 48.7 Å². The fourth-order valence-corrected chi connectivity index (χ4v) is 3.70. The number of ether oxygens (including phenoxy) is 1. The first-order valence-corrected chi connectivity index (χ1v) is 10.0. The third-order valence-electron chi connectivity index (χ3n) is 3.74. The van der Waals surface area contributed by atoms with E-state index in [0.29, 0.717) is 33.8 Å². The summed E-state index contributed by atoms with van der Waals surface area (Å²) in [6.07, 6.45) is 3.32. The predicted molar refractivity (Wildman–Crippen MR) is 112 cm³/mol. The Hall–Kier alpha value is -2.08. The van der Waals surface area contributed by atoms with Crippen molar-refractivity contribution in [1.82, 2.24) is 4.98 Å². The molecule has 0 aliphatic rings. The molecule has 0 aliphatic carbocycles. The van der Waals surface area contributed by atoms with Crippen LogP contribution in [-0.4, -0.2) is 17.5 Å². The van der Waals surface area contributed by atoms with Crippen LogP contribution in [0, 0.1) is 0 Å². The van der Waals surface area contributed by atoms with Crippen molar-refractivity contribution in [3.05, 3.63) is 74.7 Å². The Balaban J connectivity index is 1.62. The van der Waals surface area contributed by atoms with Crippen LogP contribution >= 0.6 is 34.5 Å². The van der Waals surface area contributed by atoms with Gasteiger partial charge in [-0.3, -0.25) is 10.1 Å². The number of anilines is 1. The van der Waals surface area contributed by atoms with Crippen LogP contribution in [0.2, 0.25) is 10.0 Å². The van der Waals surface area contributed by atoms with E-state index in [1.165, 1.54) is 11.3 Å². The van der Waals surface area contributed by atoms with E-state index in [1.807, 2.05) is 13.0 Å². The molecule has 4 nitrogen and oxygen atoms in total. The van der Waals surface area contributed by atoms with E-state index in [-0.39, 0.29) is 5.91 Å². The third-order valence-corrected chi connectivity index (χ3v) is 5.24. The second-order valence-electron chi connectivity index (χ2n) is 5.87. The summed E-state index contributed by atoms with van der Waals surface area (Å²) in [7, 11) is 0. The van der Waals surface area contributed by atoms with E-state index >= 15 is 0 Å². The predicted octanol–water partition coefficient (Wildman–Crippen LogP) is 6.08. The number of nitrogens with one attached hydrogen (secondary N) is 1. The number of hydrogen-bond acceptors (Lipinski definition) is 4. The van der Waals surface area contributed by atoms with Crippen molar-refractivity contribution in [2.45, 2.75) is 19.8 Å². The zero-order valence-corrected chi connectivity index (χ0v) is 17.0. The highest BCUT2D eigenvalue weighted by Gasteiger charge is 2.11. The van der Waals surface area contributed by atoms with Crippen LogP contribution in [-0.2, 0) is 6.42 Å². The summed E-state index contributed by atoms with van der Waals surface area (Å²) in [5, 5.41) is 4.59. The third kappa shape index (κ3) is 5.45. The summed E-state index contributed by atoms with van der Waals surface area (Å²) in [6, 6.07) is 12.5. The molecule has 0 fully saturated rings. The van der Waals surface area contributed by atoms with Gasteiger partial charge in [0.1, 0.15) is 5.75 Å². The Kier molecular flexibility index (Phi) is 6.72. The molecule has 0 saturated heterocycles. The van der Waals surface area contributed by atoms with Crippen molar-refractivity contribution in [2.75, 3.05) is 11.9 Å². The largest absolute Gasteiger partial charge is 0.494 e. The maximum absolute atomic E-state index is 12.4. The summed E-state index contributed by atoms with van der Waals surface area (Å²) in [6.45, 7) is 2.70. The number of hydrogen-bond donors (Lipinski definition) is 1. The summed E-state index contributed by atoms with van der Waals surface area (Å²) < 4.78 is 5.52. The highest BCUT2D eigenvalue weighted by atomic mass is 35.5. The molecule has 1 N–H and O–H groups in total. The average molecular weight is 421 g/mol. The molecule has 140 valence electrons. The minimum Gasteiger partial charge on any atom is -0.494 e. The van der Waals surface area contributed by atoms with Crippen LogP contribution in [0.1, 0.15) is 34.1 Å². The zero-order valence-electron chi connectivity index (χ0n) is 14.7. The molecule has 2 aromatic carbocycles. The Morgan fingerprint density at radius 2 is 1.96 bits per heavy atom. The van der Waals surface area contributed by atoms with Gasteiger partial charge in [-0.25, -0.2) is 4.98 Å². The first-order valence-electron chi connectivity index (χ1n) is 8.48. The van der Waals surface area contributed by atoms with Crippen LogP contribution in [0.4, 0.5) is 5.13 Å². The first-order chi connectivity index (χ1) is 13.0. The lowest BCUT2D eigenvalue weighted by Gasteiger charge is -2.06. The van der Waals surface area contributed by atoms with E-state index < -0.39 is 0 Å². The summed E-state index contributed by atoms with van der Waals surface area (Å²) in [5.41, 5.74) is 1.52. The number of halogens is 2. The van der Waals surface area contributed by atoms with Crippen molar-refractivity contribution in [2.24, 2.45) is 0 Å².